The molecule has 0 aliphatic heterocycles. The summed E-state index contributed by atoms with van der Waals surface area (Å²) in [5, 5.41) is 0. The number of carbonyl (C=O) groups excluding carboxylic acids is 1. The molecule has 1 amide bonds. The molecule has 2 N–H and O–H groups in total. The van der Waals surface area contributed by atoms with Crippen molar-refractivity contribution in [1.82, 2.24) is 4.90 Å². The smallest absolute Gasteiger partial charge is 0.410 e. The van der Waals surface area contributed by atoms with Gasteiger partial charge in [-0.2, -0.15) is 0 Å². The Bertz CT molecular complexity index is 273. The quantitative estimate of drug-likeness (QED) is 0.844. The molecular weight excluding hydrogens is 228 g/mol. The van der Waals surface area contributed by atoms with Gasteiger partial charge in [0.05, 0.1) is 0 Å². The van der Waals surface area contributed by atoms with Crippen LogP contribution in [0.15, 0.2) is 0 Å². The Morgan fingerprint density at radius 2 is 1.94 bits per heavy atom. The lowest BCUT2D eigenvalue weighted by atomic mass is 9.85. The van der Waals surface area contributed by atoms with Crippen LogP contribution in [0.1, 0.15) is 53.4 Å². The van der Waals surface area contributed by atoms with E-state index in [0.717, 1.165) is 6.42 Å². The summed E-state index contributed by atoms with van der Waals surface area (Å²) >= 11 is 0. The molecule has 0 saturated heterocycles. The van der Waals surface area contributed by atoms with E-state index in [-0.39, 0.29) is 12.1 Å². The molecule has 4 heteroatoms. The average Bonchev–Trinajstić information content (AvgIpc) is 2.24. The van der Waals surface area contributed by atoms with Crippen LogP contribution < -0.4 is 5.73 Å². The van der Waals surface area contributed by atoms with Crippen molar-refractivity contribution in [3.05, 3.63) is 0 Å². The number of nitrogens with two attached hydrogens (primary N) is 1. The number of nitrogens with zero attached hydrogens (tertiary/aromatic N) is 1. The van der Waals surface area contributed by atoms with Crippen molar-refractivity contribution >= 4 is 6.09 Å². The van der Waals surface area contributed by atoms with Crippen molar-refractivity contribution in [2.45, 2.75) is 65.0 Å². The van der Waals surface area contributed by atoms with Crippen LogP contribution in [-0.2, 0) is 4.74 Å². The Balaban J connectivity index is 2.71. The molecule has 2 atom stereocenters. The highest BCUT2D eigenvalue weighted by Gasteiger charge is 2.32. The second kappa shape index (κ2) is 6.41. The molecule has 0 aromatic carbocycles. The van der Waals surface area contributed by atoms with E-state index in [1.165, 1.54) is 19.3 Å². The topological polar surface area (TPSA) is 55.6 Å². The van der Waals surface area contributed by atoms with Crippen LogP contribution >= 0.6 is 0 Å². The Morgan fingerprint density at radius 3 is 2.44 bits per heavy atom. The van der Waals surface area contributed by atoms with Crippen LogP contribution in [0, 0.1) is 5.92 Å². The molecule has 106 valence electrons. The van der Waals surface area contributed by atoms with Gasteiger partial charge >= 0.3 is 6.09 Å². The summed E-state index contributed by atoms with van der Waals surface area (Å²) in [7, 11) is 0. The second-order valence-corrected chi connectivity index (χ2v) is 6.29. The third-order valence-electron chi connectivity index (χ3n) is 3.46. The molecule has 1 rings (SSSR count). The minimum atomic E-state index is -0.443. The summed E-state index contributed by atoms with van der Waals surface area (Å²) in [5.41, 5.74) is 5.19. The maximum atomic E-state index is 12.2. The predicted octanol–water partition coefficient (Wildman–Crippen LogP) is 2.76. The zero-order chi connectivity index (χ0) is 13.8. The van der Waals surface area contributed by atoms with Crippen LogP contribution in [0.4, 0.5) is 4.79 Å². The summed E-state index contributed by atoms with van der Waals surface area (Å²) < 4.78 is 5.49. The van der Waals surface area contributed by atoms with Gasteiger partial charge in [-0.25, -0.2) is 4.79 Å². The monoisotopic (exact) mass is 256 g/mol. The van der Waals surface area contributed by atoms with Gasteiger partial charge in [0, 0.05) is 19.1 Å². The maximum Gasteiger partial charge on any atom is 0.410 e. The van der Waals surface area contributed by atoms with E-state index in [1.54, 1.807) is 0 Å². The molecule has 0 aromatic rings. The molecule has 1 aliphatic rings. The molecule has 1 saturated carbocycles. The van der Waals surface area contributed by atoms with Gasteiger partial charge in [0.15, 0.2) is 0 Å². The van der Waals surface area contributed by atoms with Gasteiger partial charge in [-0.3, -0.25) is 0 Å². The van der Waals surface area contributed by atoms with E-state index in [9.17, 15) is 4.79 Å². The van der Waals surface area contributed by atoms with E-state index < -0.39 is 5.60 Å². The van der Waals surface area contributed by atoms with E-state index in [0.29, 0.717) is 19.0 Å². The fraction of sp³-hybridized carbons (Fsp3) is 0.929. The highest BCUT2D eigenvalue weighted by Crippen LogP contribution is 2.28. The van der Waals surface area contributed by atoms with Crippen LogP contribution in [0.3, 0.4) is 0 Å². The summed E-state index contributed by atoms with van der Waals surface area (Å²) in [6, 6.07) is 0.289. The zero-order valence-corrected chi connectivity index (χ0v) is 12.2. The first-order chi connectivity index (χ1) is 8.35. The highest BCUT2D eigenvalue weighted by molar-refractivity contribution is 5.68. The molecule has 18 heavy (non-hydrogen) atoms. The zero-order valence-electron chi connectivity index (χ0n) is 12.2. The van der Waals surface area contributed by atoms with Gasteiger partial charge < -0.3 is 15.4 Å². The first-order valence-corrected chi connectivity index (χ1v) is 7.05. The molecule has 1 aliphatic carbocycles. The van der Waals surface area contributed by atoms with Gasteiger partial charge in [-0.1, -0.05) is 19.8 Å². The van der Waals surface area contributed by atoms with Gasteiger partial charge in [0.2, 0.25) is 0 Å². The lowest BCUT2D eigenvalue weighted by molar-refractivity contribution is 0.00618. The second-order valence-electron chi connectivity index (χ2n) is 6.29. The molecule has 0 radical (unpaired) electrons. The summed E-state index contributed by atoms with van der Waals surface area (Å²) in [4.78, 5) is 14.1. The van der Waals surface area contributed by atoms with Crippen LogP contribution in [0.25, 0.3) is 0 Å². The first kappa shape index (κ1) is 15.3. The number of rotatable bonds is 3. The Hall–Kier alpha value is -0.770. The van der Waals surface area contributed by atoms with Gasteiger partial charge in [-0.15, -0.1) is 0 Å². The molecule has 0 heterocycles. The predicted molar refractivity (Wildman–Crippen MR) is 73.4 cm³/mol. The van der Waals surface area contributed by atoms with Crippen molar-refractivity contribution in [2.24, 2.45) is 11.7 Å². The van der Waals surface area contributed by atoms with Crippen molar-refractivity contribution in [2.75, 3.05) is 13.1 Å². The normalized spacial score (nSPS) is 24.7. The number of carbonyl (C=O) groups is 1. The number of ether oxygens (including phenoxy) is 1. The minimum absolute atomic E-state index is 0.216. The molecule has 0 unspecified atom stereocenters. The number of hydrogen-bond acceptors (Lipinski definition) is 3. The van der Waals surface area contributed by atoms with Crippen molar-refractivity contribution in [3.8, 4) is 0 Å². The number of hydrogen-bond donors (Lipinski definition) is 1. The average molecular weight is 256 g/mol. The molecule has 0 bridgehead atoms. The summed E-state index contributed by atoms with van der Waals surface area (Å²) in [5.74, 6) is 0.540. The number of amides is 1. The Morgan fingerprint density at radius 1 is 1.33 bits per heavy atom. The SMILES string of the molecule is C[C@H]1CCCC[C@@H]1N(CCN)C(=O)OC(C)(C)C. The van der Waals surface area contributed by atoms with Crippen LogP contribution in [0.5, 0.6) is 0 Å². The van der Waals surface area contributed by atoms with Crippen molar-refractivity contribution in [3.63, 3.8) is 0 Å². The van der Waals surface area contributed by atoms with Gasteiger partial charge in [0.1, 0.15) is 5.60 Å². The molecule has 1 fully saturated rings. The minimum Gasteiger partial charge on any atom is -0.444 e. The summed E-state index contributed by atoms with van der Waals surface area (Å²) in [6.07, 6.45) is 4.50. The van der Waals surface area contributed by atoms with E-state index in [1.807, 2.05) is 25.7 Å². The molecular formula is C14H28N2O2. The lowest BCUT2D eigenvalue weighted by Crippen LogP contribution is -2.49. The van der Waals surface area contributed by atoms with Gasteiger partial charge in [-0.05, 0) is 39.5 Å². The largest absolute Gasteiger partial charge is 0.444 e. The fourth-order valence-electron chi connectivity index (χ4n) is 2.61. The van der Waals surface area contributed by atoms with E-state index >= 15 is 0 Å². The fourth-order valence-corrected chi connectivity index (χ4v) is 2.61. The standard InChI is InChI=1S/C14H28N2O2/c1-11-7-5-6-8-12(11)16(10-9-15)13(17)18-14(2,3)4/h11-12H,5-10,15H2,1-4H3/t11-,12-/m0/s1. The van der Waals surface area contributed by atoms with Crippen molar-refractivity contribution in [1.29, 1.82) is 0 Å². The third kappa shape index (κ3) is 4.48. The van der Waals surface area contributed by atoms with Crippen LogP contribution in [-0.4, -0.2) is 35.7 Å². The lowest BCUT2D eigenvalue weighted by Gasteiger charge is -2.39. The third-order valence-corrected chi connectivity index (χ3v) is 3.46. The molecule has 4 nitrogen and oxygen atoms in total. The maximum absolute atomic E-state index is 12.2. The first-order valence-electron chi connectivity index (χ1n) is 7.05. The Kier molecular flexibility index (Phi) is 5.45. The Labute approximate surface area is 111 Å². The molecule has 0 aromatic heterocycles. The van der Waals surface area contributed by atoms with E-state index in [4.69, 9.17) is 10.5 Å². The van der Waals surface area contributed by atoms with E-state index in [2.05, 4.69) is 6.92 Å². The van der Waals surface area contributed by atoms with Crippen molar-refractivity contribution < 1.29 is 9.53 Å². The van der Waals surface area contributed by atoms with Crippen LogP contribution in [0.2, 0.25) is 0 Å². The molecule has 0 spiro atoms. The highest BCUT2D eigenvalue weighted by atomic mass is 16.6. The van der Waals surface area contributed by atoms with Gasteiger partial charge in [0.25, 0.3) is 0 Å². The summed E-state index contributed by atoms with van der Waals surface area (Å²) in [6.45, 7) is 8.99.